The molecule has 3 aromatic rings. The number of hydrogen-bond acceptors (Lipinski definition) is 3. The topological polar surface area (TPSA) is 45.2 Å². The fraction of sp³-hybridized carbons (Fsp3) is 0.238. The Balaban J connectivity index is 1.50. The summed E-state index contributed by atoms with van der Waals surface area (Å²) in [6, 6.07) is 18.0. The first kappa shape index (κ1) is 16.5. The number of para-hydroxylation sites is 1. The normalized spacial score (nSPS) is 17.3. The predicted octanol–water partition coefficient (Wildman–Crippen LogP) is 4.23. The Morgan fingerprint density at radius 2 is 1.92 bits per heavy atom. The van der Waals surface area contributed by atoms with E-state index >= 15 is 0 Å². The van der Waals surface area contributed by atoms with Gasteiger partial charge in [-0.05, 0) is 49.2 Å². The number of hydrogen-bond donors (Lipinski definition) is 1. The minimum atomic E-state index is -0.291. The lowest BCUT2D eigenvalue weighted by atomic mass is 9.97. The smallest absolute Gasteiger partial charge is 0.229 e. The molecule has 0 bridgehead atoms. The van der Waals surface area contributed by atoms with E-state index in [0.29, 0.717) is 12.1 Å². The summed E-state index contributed by atoms with van der Waals surface area (Å²) >= 11 is 0. The molecule has 4 nitrogen and oxygen atoms in total. The van der Waals surface area contributed by atoms with Crippen LogP contribution >= 0.6 is 0 Å². The molecule has 2 heterocycles. The summed E-state index contributed by atoms with van der Waals surface area (Å²) in [7, 11) is 0. The molecule has 26 heavy (non-hydrogen) atoms. The maximum Gasteiger partial charge on any atom is 0.229 e. The third-order valence-corrected chi connectivity index (χ3v) is 4.80. The monoisotopic (exact) mass is 349 g/mol. The van der Waals surface area contributed by atoms with Crippen molar-refractivity contribution in [3.8, 4) is 0 Å². The lowest BCUT2D eigenvalue weighted by Crippen LogP contribution is -2.41. The SMILES string of the molecule is O=C(Nc1ccccc1)C1CCCN(c2ccc3ccc(F)cc3n2)C1. The number of aromatic nitrogens is 1. The number of nitrogens with one attached hydrogen (secondary N) is 1. The molecule has 1 fully saturated rings. The second-order valence-corrected chi connectivity index (χ2v) is 6.65. The van der Waals surface area contributed by atoms with Gasteiger partial charge in [-0.3, -0.25) is 4.79 Å². The van der Waals surface area contributed by atoms with Gasteiger partial charge in [0.1, 0.15) is 11.6 Å². The first-order valence-electron chi connectivity index (χ1n) is 8.86. The van der Waals surface area contributed by atoms with Crippen molar-refractivity contribution >= 4 is 28.3 Å². The van der Waals surface area contributed by atoms with E-state index in [1.807, 2.05) is 42.5 Å². The van der Waals surface area contributed by atoms with Crippen LogP contribution in [-0.2, 0) is 4.79 Å². The van der Waals surface area contributed by atoms with Crippen LogP contribution in [0.3, 0.4) is 0 Å². The molecule has 4 rings (SSSR count). The average Bonchev–Trinajstić information content (AvgIpc) is 2.68. The van der Waals surface area contributed by atoms with Crippen molar-refractivity contribution in [2.75, 3.05) is 23.3 Å². The molecule has 1 atom stereocenters. The number of nitrogens with zero attached hydrogens (tertiary/aromatic N) is 2. The summed E-state index contributed by atoms with van der Waals surface area (Å²) in [6.07, 6.45) is 1.78. The van der Waals surface area contributed by atoms with Gasteiger partial charge in [0.15, 0.2) is 0 Å². The van der Waals surface area contributed by atoms with E-state index in [1.165, 1.54) is 12.1 Å². The number of fused-ring (bicyclic) bond motifs is 1. The van der Waals surface area contributed by atoms with E-state index < -0.39 is 0 Å². The molecule has 0 aliphatic carbocycles. The zero-order chi connectivity index (χ0) is 17.9. The third-order valence-electron chi connectivity index (χ3n) is 4.80. The van der Waals surface area contributed by atoms with E-state index in [4.69, 9.17) is 0 Å². The standard InChI is InChI=1S/C21H20FN3O/c22-17-10-8-15-9-11-20(24-19(15)13-17)25-12-4-5-16(14-25)21(26)23-18-6-2-1-3-7-18/h1-3,6-11,13,16H,4-5,12,14H2,(H,23,26). The highest BCUT2D eigenvalue weighted by Gasteiger charge is 2.26. The summed E-state index contributed by atoms with van der Waals surface area (Å²) in [4.78, 5) is 19.3. The van der Waals surface area contributed by atoms with Crippen molar-refractivity contribution in [1.29, 1.82) is 0 Å². The van der Waals surface area contributed by atoms with Gasteiger partial charge in [-0.1, -0.05) is 18.2 Å². The quantitative estimate of drug-likeness (QED) is 0.770. The maximum atomic E-state index is 13.5. The second-order valence-electron chi connectivity index (χ2n) is 6.65. The molecule has 1 aromatic heterocycles. The Morgan fingerprint density at radius 1 is 1.12 bits per heavy atom. The number of benzene rings is 2. The molecular formula is C21H20FN3O. The summed E-state index contributed by atoms with van der Waals surface area (Å²) < 4.78 is 13.5. The van der Waals surface area contributed by atoms with Crippen LogP contribution in [0, 0.1) is 11.7 Å². The van der Waals surface area contributed by atoms with Gasteiger partial charge in [0.25, 0.3) is 0 Å². The summed E-state index contributed by atoms with van der Waals surface area (Å²) in [6.45, 7) is 1.47. The third kappa shape index (κ3) is 3.52. The fourth-order valence-electron chi connectivity index (χ4n) is 3.42. The Kier molecular flexibility index (Phi) is 4.52. The van der Waals surface area contributed by atoms with Crippen LogP contribution in [0.4, 0.5) is 15.9 Å². The molecule has 1 aliphatic rings. The molecule has 5 heteroatoms. The van der Waals surface area contributed by atoms with Crippen LogP contribution in [0.15, 0.2) is 60.7 Å². The van der Waals surface area contributed by atoms with E-state index in [2.05, 4.69) is 15.2 Å². The summed E-state index contributed by atoms with van der Waals surface area (Å²) in [5.74, 6) is 0.447. The van der Waals surface area contributed by atoms with Gasteiger partial charge in [-0.2, -0.15) is 0 Å². The molecule has 1 saturated heterocycles. The van der Waals surface area contributed by atoms with Crippen molar-refractivity contribution in [3.05, 3.63) is 66.5 Å². The second kappa shape index (κ2) is 7.12. The number of rotatable bonds is 3. The average molecular weight is 349 g/mol. The zero-order valence-electron chi connectivity index (χ0n) is 14.4. The molecule has 0 radical (unpaired) electrons. The van der Waals surface area contributed by atoms with Gasteiger partial charge >= 0.3 is 0 Å². The number of carbonyl (C=O) groups is 1. The summed E-state index contributed by atoms with van der Waals surface area (Å²) in [5.41, 5.74) is 1.45. The highest BCUT2D eigenvalue weighted by atomic mass is 19.1. The van der Waals surface area contributed by atoms with Crippen molar-refractivity contribution in [2.45, 2.75) is 12.8 Å². The number of pyridine rings is 1. The van der Waals surface area contributed by atoms with E-state index in [-0.39, 0.29) is 17.6 Å². The van der Waals surface area contributed by atoms with Crippen LogP contribution in [0.25, 0.3) is 10.9 Å². The molecular weight excluding hydrogens is 329 g/mol. The first-order valence-corrected chi connectivity index (χ1v) is 8.86. The maximum absolute atomic E-state index is 13.5. The van der Waals surface area contributed by atoms with Gasteiger partial charge in [0.05, 0.1) is 11.4 Å². The zero-order valence-corrected chi connectivity index (χ0v) is 14.4. The van der Waals surface area contributed by atoms with Gasteiger partial charge in [0, 0.05) is 30.2 Å². The number of piperidine rings is 1. The van der Waals surface area contributed by atoms with Crippen molar-refractivity contribution < 1.29 is 9.18 Å². The molecule has 132 valence electrons. The number of amides is 1. The number of anilines is 2. The van der Waals surface area contributed by atoms with Crippen LogP contribution in [0.2, 0.25) is 0 Å². The van der Waals surface area contributed by atoms with Crippen molar-refractivity contribution in [2.24, 2.45) is 5.92 Å². The van der Waals surface area contributed by atoms with E-state index in [0.717, 1.165) is 36.3 Å². The largest absolute Gasteiger partial charge is 0.356 e. The lowest BCUT2D eigenvalue weighted by Gasteiger charge is -2.33. The van der Waals surface area contributed by atoms with Gasteiger partial charge < -0.3 is 10.2 Å². The highest BCUT2D eigenvalue weighted by molar-refractivity contribution is 5.93. The number of carbonyl (C=O) groups excluding carboxylic acids is 1. The molecule has 1 unspecified atom stereocenters. The van der Waals surface area contributed by atoms with E-state index in [1.54, 1.807) is 6.07 Å². The molecule has 0 saturated carbocycles. The van der Waals surface area contributed by atoms with Crippen LogP contribution in [-0.4, -0.2) is 24.0 Å². The fourth-order valence-corrected chi connectivity index (χ4v) is 3.42. The minimum absolute atomic E-state index is 0.0349. The molecule has 1 N–H and O–H groups in total. The lowest BCUT2D eigenvalue weighted by molar-refractivity contribution is -0.120. The molecule has 1 amide bonds. The Bertz CT molecular complexity index is 929. The van der Waals surface area contributed by atoms with Crippen LogP contribution < -0.4 is 10.2 Å². The molecule has 0 spiro atoms. The Hall–Kier alpha value is -2.95. The molecule has 1 aliphatic heterocycles. The van der Waals surface area contributed by atoms with Gasteiger partial charge in [-0.15, -0.1) is 0 Å². The van der Waals surface area contributed by atoms with E-state index in [9.17, 15) is 9.18 Å². The van der Waals surface area contributed by atoms with Crippen LogP contribution in [0.5, 0.6) is 0 Å². The van der Waals surface area contributed by atoms with Crippen LogP contribution in [0.1, 0.15) is 12.8 Å². The van der Waals surface area contributed by atoms with Gasteiger partial charge in [0.2, 0.25) is 5.91 Å². The van der Waals surface area contributed by atoms with Crippen molar-refractivity contribution in [1.82, 2.24) is 4.98 Å². The Morgan fingerprint density at radius 3 is 2.77 bits per heavy atom. The molecule has 2 aromatic carbocycles. The predicted molar refractivity (Wildman–Crippen MR) is 102 cm³/mol. The summed E-state index contributed by atoms with van der Waals surface area (Å²) in [5, 5.41) is 3.89. The Labute approximate surface area is 151 Å². The minimum Gasteiger partial charge on any atom is -0.356 e. The highest BCUT2D eigenvalue weighted by Crippen LogP contribution is 2.25. The number of halogens is 1. The van der Waals surface area contributed by atoms with Gasteiger partial charge in [-0.25, -0.2) is 9.37 Å². The first-order chi connectivity index (χ1) is 12.7. The van der Waals surface area contributed by atoms with Crippen molar-refractivity contribution in [3.63, 3.8) is 0 Å².